The molecular weight excluding hydrogens is 254 g/mol. The molecule has 0 aliphatic carbocycles. The Labute approximate surface area is 120 Å². The van der Waals surface area contributed by atoms with E-state index in [9.17, 15) is 4.79 Å². The molecule has 0 saturated heterocycles. The van der Waals surface area contributed by atoms with Gasteiger partial charge in [-0.2, -0.15) is 4.99 Å². The number of aromatic nitrogens is 1. The van der Waals surface area contributed by atoms with Crippen LogP contribution in [0.25, 0.3) is 0 Å². The van der Waals surface area contributed by atoms with Gasteiger partial charge >= 0.3 is 6.03 Å². The lowest BCUT2D eigenvalue weighted by molar-refractivity contribution is 0.249. The molecule has 0 fully saturated rings. The van der Waals surface area contributed by atoms with Gasteiger partial charge in [-0.05, 0) is 32.4 Å². The van der Waals surface area contributed by atoms with Crippen LogP contribution >= 0.6 is 0 Å². The van der Waals surface area contributed by atoms with Gasteiger partial charge in [0.1, 0.15) is 0 Å². The standard InChI is InChI=1S/C14H23N5O/c1-4-19(5-2)13(15)18-14(20)17-10-8-12-11(3)7-6-9-16-12/h6-7,9H,4-5,8,10H2,1-3H3,(H3,15,17,18,20). The molecule has 0 aromatic carbocycles. The summed E-state index contributed by atoms with van der Waals surface area (Å²) in [7, 11) is 0. The summed E-state index contributed by atoms with van der Waals surface area (Å²) in [5.74, 6) is 0.251. The highest BCUT2D eigenvalue weighted by Crippen LogP contribution is 2.02. The van der Waals surface area contributed by atoms with Crippen molar-refractivity contribution in [2.75, 3.05) is 19.6 Å². The molecule has 0 spiro atoms. The molecule has 0 saturated carbocycles. The molecule has 2 amide bonds. The molecule has 110 valence electrons. The molecule has 0 unspecified atom stereocenters. The number of carbonyl (C=O) groups excluding carboxylic acids is 1. The number of nitrogens with zero attached hydrogens (tertiary/aromatic N) is 3. The van der Waals surface area contributed by atoms with E-state index in [1.807, 2.05) is 37.8 Å². The number of aryl methyl sites for hydroxylation is 1. The number of guanidine groups is 1. The highest BCUT2D eigenvalue weighted by Gasteiger charge is 2.06. The molecular formula is C14H23N5O. The summed E-state index contributed by atoms with van der Waals surface area (Å²) >= 11 is 0. The maximum Gasteiger partial charge on any atom is 0.344 e. The minimum absolute atomic E-state index is 0.251. The number of hydrogen-bond acceptors (Lipinski definition) is 2. The molecule has 1 heterocycles. The zero-order valence-electron chi connectivity index (χ0n) is 12.4. The summed E-state index contributed by atoms with van der Waals surface area (Å²) < 4.78 is 0. The SMILES string of the molecule is CCN(CC)C(N)=NC(=O)NCCc1ncccc1C. The van der Waals surface area contributed by atoms with Gasteiger partial charge in [-0.3, -0.25) is 4.98 Å². The quantitative estimate of drug-likeness (QED) is 0.627. The van der Waals surface area contributed by atoms with Crippen molar-refractivity contribution in [3.63, 3.8) is 0 Å². The second kappa shape index (κ2) is 8.14. The van der Waals surface area contributed by atoms with Gasteiger partial charge in [0.2, 0.25) is 5.96 Å². The van der Waals surface area contributed by atoms with E-state index in [-0.39, 0.29) is 5.96 Å². The zero-order valence-corrected chi connectivity index (χ0v) is 12.4. The molecule has 1 aromatic heterocycles. The minimum atomic E-state index is -0.414. The first-order chi connectivity index (χ1) is 9.58. The Bertz CT molecular complexity index is 468. The fourth-order valence-corrected chi connectivity index (χ4v) is 1.83. The van der Waals surface area contributed by atoms with Crippen LogP contribution in [0.3, 0.4) is 0 Å². The number of pyridine rings is 1. The number of amides is 2. The third-order valence-corrected chi connectivity index (χ3v) is 3.06. The van der Waals surface area contributed by atoms with Crippen molar-refractivity contribution < 1.29 is 4.79 Å². The largest absolute Gasteiger partial charge is 0.369 e. The van der Waals surface area contributed by atoms with Crippen LogP contribution in [0.5, 0.6) is 0 Å². The fraction of sp³-hybridized carbons (Fsp3) is 0.500. The number of hydrogen-bond donors (Lipinski definition) is 2. The maximum absolute atomic E-state index is 11.6. The highest BCUT2D eigenvalue weighted by molar-refractivity contribution is 5.91. The monoisotopic (exact) mass is 277 g/mol. The normalized spacial score (nSPS) is 11.2. The van der Waals surface area contributed by atoms with Crippen LogP contribution in [0, 0.1) is 6.92 Å². The summed E-state index contributed by atoms with van der Waals surface area (Å²) in [5.41, 5.74) is 7.85. The van der Waals surface area contributed by atoms with Crippen LogP contribution in [-0.4, -0.2) is 41.5 Å². The van der Waals surface area contributed by atoms with Crippen molar-refractivity contribution >= 4 is 12.0 Å². The predicted octanol–water partition coefficient (Wildman–Crippen LogP) is 1.30. The Kier molecular flexibility index (Phi) is 6.49. The van der Waals surface area contributed by atoms with Crippen molar-refractivity contribution in [2.45, 2.75) is 27.2 Å². The van der Waals surface area contributed by atoms with Gasteiger partial charge in [0.15, 0.2) is 0 Å². The van der Waals surface area contributed by atoms with E-state index in [0.717, 1.165) is 24.3 Å². The molecule has 0 aliphatic rings. The summed E-state index contributed by atoms with van der Waals surface area (Å²) in [5, 5.41) is 2.72. The number of urea groups is 1. The Morgan fingerprint density at radius 2 is 2.15 bits per heavy atom. The maximum atomic E-state index is 11.6. The molecule has 20 heavy (non-hydrogen) atoms. The molecule has 6 nitrogen and oxygen atoms in total. The average molecular weight is 277 g/mol. The third kappa shape index (κ3) is 4.87. The highest BCUT2D eigenvalue weighted by atomic mass is 16.2. The lowest BCUT2D eigenvalue weighted by atomic mass is 10.2. The van der Waals surface area contributed by atoms with E-state index in [1.165, 1.54) is 0 Å². The van der Waals surface area contributed by atoms with Crippen LogP contribution in [0.4, 0.5) is 4.79 Å². The molecule has 0 aliphatic heterocycles. The fourth-order valence-electron chi connectivity index (χ4n) is 1.83. The van der Waals surface area contributed by atoms with Crippen molar-refractivity contribution in [3.05, 3.63) is 29.6 Å². The summed E-state index contributed by atoms with van der Waals surface area (Å²) in [6, 6.07) is 3.48. The summed E-state index contributed by atoms with van der Waals surface area (Å²) in [6.45, 7) is 7.88. The molecule has 0 bridgehead atoms. The lowest BCUT2D eigenvalue weighted by Crippen LogP contribution is -2.38. The van der Waals surface area contributed by atoms with E-state index in [2.05, 4.69) is 15.3 Å². The van der Waals surface area contributed by atoms with Crippen LogP contribution < -0.4 is 11.1 Å². The molecule has 1 rings (SSSR count). The van der Waals surface area contributed by atoms with Crippen molar-refractivity contribution in [1.29, 1.82) is 0 Å². The smallest absolute Gasteiger partial charge is 0.344 e. The molecule has 6 heteroatoms. The van der Waals surface area contributed by atoms with Crippen molar-refractivity contribution in [2.24, 2.45) is 10.7 Å². The average Bonchev–Trinajstić information content (AvgIpc) is 2.42. The molecule has 0 radical (unpaired) electrons. The molecule has 3 N–H and O–H groups in total. The Morgan fingerprint density at radius 1 is 1.45 bits per heavy atom. The first kappa shape index (κ1) is 15.9. The van der Waals surface area contributed by atoms with E-state index in [4.69, 9.17) is 5.73 Å². The van der Waals surface area contributed by atoms with Crippen LogP contribution in [0.1, 0.15) is 25.1 Å². The van der Waals surface area contributed by atoms with Gasteiger partial charge in [0, 0.05) is 37.9 Å². The van der Waals surface area contributed by atoms with Gasteiger partial charge < -0.3 is 16.0 Å². The van der Waals surface area contributed by atoms with E-state index < -0.39 is 6.03 Å². The van der Waals surface area contributed by atoms with Gasteiger partial charge in [0.05, 0.1) is 0 Å². The van der Waals surface area contributed by atoms with Crippen molar-refractivity contribution in [1.82, 2.24) is 15.2 Å². The number of carbonyl (C=O) groups is 1. The van der Waals surface area contributed by atoms with E-state index in [1.54, 1.807) is 6.20 Å². The summed E-state index contributed by atoms with van der Waals surface area (Å²) in [6.07, 6.45) is 2.43. The second-order valence-corrected chi connectivity index (χ2v) is 4.39. The minimum Gasteiger partial charge on any atom is -0.369 e. The van der Waals surface area contributed by atoms with Gasteiger partial charge in [-0.15, -0.1) is 0 Å². The molecule has 1 aromatic rings. The van der Waals surface area contributed by atoms with Crippen LogP contribution in [0.15, 0.2) is 23.3 Å². The predicted molar refractivity (Wildman–Crippen MR) is 80.6 cm³/mol. The third-order valence-electron chi connectivity index (χ3n) is 3.06. The first-order valence-electron chi connectivity index (χ1n) is 6.85. The van der Waals surface area contributed by atoms with Gasteiger partial charge in [0.25, 0.3) is 0 Å². The Balaban J connectivity index is 2.44. The lowest BCUT2D eigenvalue weighted by Gasteiger charge is -2.18. The van der Waals surface area contributed by atoms with Gasteiger partial charge in [-0.25, -0.2) is 4.79 Å². The number of nitrogens with two attached hydrogens (primary N) is 1. The van der Waals surface area contributed by atoms with Crippen LogP contribution in [0.2, 0.25) is 0 Å². The Morgan fingerprint density at radius 3 is 2.75 bits per heavy atom. The van der Waals surface area contributed by atoms with Crippen LogP contribution in [-0.2, 0) is 6.42 Å². The Hall–Kier alpha value is -2.11. The zero-order chi connectivity index (χ0) is 15.0. The molecule has 0 atom stereocenters. The number of nitrogens with one attached hydrogen (secondary N) is 1. The van der Waals surface area contributed by atoms with E-state index >= 15 is 0 Å². The van der Waals surface area contributed by atoms with Gasteiger partial charge in [-0.1, -0.05) is 6.07 Å². The topological polar surface area (TPSA) is 83.6 Å². The second-order valence-electron chi connectivity index (χ2n) is 4.39. The number of rotatable bonds is 5. The summed E-state index contributed by atoms with van der Waals surface area (Å²) in [4.78, 5) is 21.6. The number of aliphatic imine (C=N–C) groups is 1. The first-order valence-corrected chi connectivity index (χ1v) is 6.85. The van der Waals surface area contributed by atoms with Crippen molar-refractivity contribution in [3.8, 4) is 0 Å². The van der Waals surface area contributed by atoms with E-state index in [0.29, 0.717) is 13.0 Å².